The Kier molecular flexibility index (Phi) is 4.46. The molecule has 2 aliphatic rings. The summed E-state index contributed by atoms with van der Waals surface area (Å²) in [6.45, 7) is 2.97. The average Bonchev–Trinajstić information content (AvgIpc) is 3.22. The number of rotatable bonds is 2. The highest BCUT2D eigenvalue weighted by Crippen LogP contribution is 2.42. The minimum Gasteiger partial charge on any atom is -0.346 e. The van der Waals surface area contributed by atoms with Gasteiger partial charge < -0.3 is 10.2 Å². The van der Waals surface area contributed by atoms with Gasteiger partial charge in [-0.3, -0.25) is 4.79 Å². The van der Waals surface area contributed by atoms with Crippen molar-refractivity contribution in [3.05, 3.63) is 43.2 Å². The summed E-state index contributed by atoms with van der Waals surface area (Å²) in [5.74, 6) is 0.533. The lowest BCUT2D eigenvalue weighted by Crippen LogP contribution is -2.86. The fraction of sp³-hybridized carbons (Fsp3) is 0.471. The fourth-order valence-electron chi connectivity index (χ4n) is 3.71. The lowest BCUT2D eigenvalue weighted by molar-refractivity contribution is -0.664. The Labute approximate surface area is 149 Å². The van der Waals surface area contributed by atoms with Crippen LogP contribution in [0.25, 0.3) is 0 Å². The number of carbonyl (C=O) groups is 1. The van der Waals surface area contributed by atoms with Crippen molar-refractivity contribution in [2.75, 3.05) is 19.6 Å². The van der Waals surface area contributed by atoms with Crippen LogP contribution in [0.5, 0.6) is 0 Å². The van der Waals surface area contributed by atoms with Crippen molar-refractivity contribution in [2.24, 2.45) is 5.92 Å². The van der Waals surface area contributed by atoms with E-state index in [1.165, 1.54) is 15.3 Å². The molecule has 0 bridgehead atoms. The standard InChI is InChI=1S/C17H19ClN2OS2/c18-14-2-1-13(23-14)15-16-11(6-10-22-16)5-9-20(15)17(21)12-3-7-19-8-4-12/h1-2,6,10,12,15,19H,3-5,7-9H2/p+1. The molecule has 2 aromatic rings. The maximum atomic E-state index is 13.2. The number of fused-ring (bicyclic) bond motifs is 1. The van der Waals surface area contributed by atoms with Crippen LogP contribution in [0.3, 0.4) is 0 Å². The first kappa shape index (κ1) is 15.6. The van der Waals surface area contributed by atoms with Gasteiger partial charge in [-0.25, -0.2) is 0 Å². The lowest BCUT2D eigenvalue weighted by Gasteiger charge is -2.37. The Morgan fingerprint density at radius 1 is 1.26 bits per heavy atom. The van der Waals surface area contributed by atoms with Crippen LogP contribution in [-0.4, -0.2) is 30.4 Å². The molecule has 2 N–H and O–H groups in total. The van der Waals surface area contributed by atoms with Crippen LogP contribution >= 0.6 is 34.3 Å². The van der Waals surface area contributed by atoms with Crippen molar-refractivity contribution in [2.45, 2.75) is 25.3 Å². The van der Waals surface area contributed by atoms with Crippen molar-refractivity contribution >= 4 is 40.2 Å². The predicted octanol–water partition coefficient (Wildman–Crippen LogP) is 2.91. The molecule has 0 spiro atoms. The third-order valence-electron chi connectivity index (χ3n) is 4.90. The maximum absolute atomic E-state index is 13.2. The smallest absolute Gasteiger partial charge is 0.226 e. The van der Waals surface area contributed by atoms with Gasteiger partial charge in [0.1, 0.15) is 6.04 Å². The number of thiophene rings is 2. The van der Waals surface area contributed by atoms with E-state index in [4.69, 9.17) is 11.6 Å². The number of carbonyl (C=O) groups excluding carboxylic acids is 1. The van der Waals surface area contributed by atoms with Crippen molar-refractivity contribution in [3.8, 4) is 0 Å². The number of hydrogen-bond acceptors (Lipinski definition) is 3. The SMILES string of the molecule is O=C(C1CC[NH2+]CC1)N1CCc2ccsc2C1c1ccc(Cl)s1. The second-order valence-electron chi connectivity index (χ2n) is 6.28. The number of nitrogens with two attached hydrogens (primary N) is 1. The number of halogens is 1. The van der Waals surface area contributed by atoms with Crippen LogP contribution in [0, 0.1) is 5.92 Å². The molecule has 23 heavy (non-hydrogen) atoms. The summed E-state index contributed by atoms with van der Waals surface area (Å²) in [5.41, 5.74) is 1.39. The van der Waals surface area contributed by atoms with Gasteiger partial charge in [0.2, 0.25) is 5.91 Å². The van der Waals surface area contributed by atoms with Crippen LogP contribution in [0.15, 0.2) is 23.6 Å². The maximum Gasteiger partial charge on any atom is 0.226 e. The summed E-state index contributed by atoms with van der Waals surface area (Å²) in [4.78, 5) is 17.8. The summed E-state index contributed by atoms with van der Waals surface area (Å²) in [6, 6.07) is 6.30. The average molecular weight is 368 g/mol. The Bertz CT molecular complexity index is 705. The molecule has 0 aliphatic carbocycles. The van der Waals surface area contributed by atoms with Crippen molar-refractivity contribution in [3.63, 3.8) is 0 Å². The monoisotopic (exact) mass is 367 g/mol. The molecule has 2 aromatic heterocycles. The zero-order valence-electron chi connectivity index (χ0n) is 12.8. The highest BCUT2D eigenvalue weighted by Gasteiger charge is 2.37. The molecule has 1 unspecified atom stereocenters. The van der Waals surface area contributed by atoms with E-state index in [1.54, 1.807) is 22.7 Å². The molecule has 0 saturated carbocycles. The largest absolute Gasteiger partial charge is 0.346 e. The summed E-state index contributed by atoms with van der Waals surface area (Å²) in [7, 11) is 0. The topological polar surface area (TPSA) is 36.9 Å². The third-order valence-corrected chi connectivity index (χ3v) is 7.19. The molecule has 2 aliphatic heterocycles. The molecule has 3 nitrogen and oxygen atoms in total. The lowest BCUT2D eigenvalue weighted by atomic mass is 9.93. The second-order valence-corrected chi connectivity index (χ2v) is 8.97. The predicted molar refractivity (Wildman–Crippen MR) is 95.3 cm³/mol. The van der Waals surface area contributed by atoms with Crippen LogP contribution in [0.1, 0.15) is 34.2 Å². The molecule has 1 fully saturated rings. The molecule has 4 heterocycles. The van der Waals surface area contributed by atoms with Gasteiger partial charge in [-0.15, -0.1) is 22.7 Å². The number of piperidine rings is 1. The first-order valence-electron chi connectivity index (χ1n) is 8.17. The van der Waals surface area contributed by atoms with Crippen LogP contribution in [-0.2, 0) is 11.2 Å². The van der Waals surface area contributed by atoms with E-state index < -0.39 is 0 Å². The first-order chi connectivity index (χ1) is 11.2. The van der Waals surface area contributed by atoms with Crippen molar-refractivity contribution in [1.82, 2.24) is 4.90 Å². The summed E-state index contributed by atoms with van der Waals surface area (Å²) in [6.07, 6.45) is 2.98. The van der Waals surface area contributed by atoms with Gasteiger partial charge in [0, 0.05) is 35.1 Å². The molecule has 4 rings (SSSR count). The Balaban J connectivity index is 1.68. The molecule has 0 aromatic carbocycles. The van der Waals surface area contributed by atoms with Gasteiger partial charge in [-0.2, -0.15) is 0 Å². The molecule has 1 amide bonds. The number of amides is 1. The summed E-state index contributed by atoms with van der Waals surface area (Å²) < 4.78 is 0.795. The van der Waals surface area contributed by atoms with E-state index >= 15 is 0 Å². The molecule has 1 atom stereocenters. The Morgan fingerprint density at radius 2 is 2.09 bits per heavy atom. The van der Waals surface area contributed by atoms with E-state index in [-0.39, 0.29) is 12.0 Å². The second kappa shape index (κ2) is 6.55. The van der Waals surface area contributed by atoms with E-state index in [0.717, 1.165) is 43.2 Å². The molecular weight excluding hydrogens is 348 g/mol. The molecule has 122 valence electrons. The van der Waals surface area contributed by atoms with Crippen LogP contribution in [0.4, 0.5) is 0 Å². The normalized spacial score (nSPS) is 22.1. The first-order valence-corrected chi connectivity index (χ1v) is 10.2. The third kappa shape index (κ3) is 2.95. The molecule has 1 saturated heterocycles. The number of quaternary nitrogens is 1. The van der Waals surface area contributed by atoms with Gasteiger partial charge >= 0.3 is 0 Å². The highest BCUT2D eigenvalue weighted by molar-refractivity contribution is 7.16. The van der Waals surface area contributed by atoms with Gasteiger partial charge in [-0.05, 0) is 35.6 Å². The molecule has 0 radical (unpaired) electrons. The highest BCUT2D eigenvalue weighted by atomic mass is 35.5. The minimum atomic E-state index is 0.0645. The number of nitrogens with zero attached hydrogens (tertiary/aromatic N) is 1. The minimum absolute atomic E-state index is 0.0645. The van der Waals surface area contributed by atoms with Gasteiger partial charge in [0.15, 0.2) is 0 Å². The summed E-state index contributed by atoms with van der Waals surface area (Å²) in [5, 5.41) is 4.46. The fourth-order valence-corrected chi connectivity index (χ4v) is 6.05. The van der Waals surface area contributed by atoms with Gasteiger partial charge in [0.05, 0.1) is 17.4 Å². The Hall–Kier alpha value is -0.880. The summed E-state index contributed by atoms with van der Waals surface area (Å²) >= 11 is 9.54. The quantitative estimate of drug-likeness (QED) is 0.870. The molecular formula is C17H20ClN2OS2+. The van der Waals surface area contributed by atoms with E-state index in [1.807, 2.05) is 6.07 Å². The van der Waals surface area contributed by atoms with Crippen LogP contribution < -0.4 is 5.32 Å². The zero-order chi connectivity index (χ0) is 15.8. The molecule has 6 heteroatoms. The zero-order valence-corrected chi connectivity index (χ0v) is 15.2. The van der Waals surface area contributed by atoms with Gasteiger partial charge in [0.25, 0.3) is 0 Å². The number of hydrogen-bond donors (Lipinski definition) is 1. The van der Waals surface area contributed by atoms with Gasteiger partial charge in [-0.1, -0.05) is 11.6 Å². The van der Waals surface area contributed by atoms with E-state index in [9.17, 15) is 4.79 Å². The van der Waals surface area contributed by atoms with Crippen molar-refractivity contribution < 1.29 is 10.1 Å². The van der Waals surface area contributed by atoms with E-state index in [2.05, 4.69) is 27.7 Å². The Morgan fingerprint density at radius 3 is 2.83 bits per heavy atom. The van der Waals surface area contributed by atoms with Crippen molar-refractivity contribution in [1.29, 1.82) is 0 Å². The van der Waals surface area contributed by atoms with E-state index in [0.29, 0.717) is 5.91 Å². The van der Waals surface area contributed by atoms with Crippen LogP contribution in [0.2, 0.25) is 4.34 Å².